The molecule has 0 N–H and O–H groups in total. The van der Waals surface area contributed by atoms with E-state index in [0.717, 1.165) is 11.1 Å². The molecular weight excluding hydrogens is 219 g/mol. The maximum atomic E-state index is 3.89. The highest BCUT2D eigenvalue weighted by molar-refractivity contribution is 5.77. The smallest absolute Gasteiger partial charge is 0.263 e. The van der Waals surface area contributed by atoms with E-state index in [2.05, 4.69) is 22.4 Å². The van der Waals surface area contributed by atoms with Crippen LogP contribution < -0.4 is 24.8 Å². The second-order valence-electron chi connectivity index (χ2n) is 2.33. The number of rotatable bonds is 1. The fraction of sp³-hybridized carbons (Fsp3) is 0. The molecule has 2 aliphatic heterocycles. The molecule has 0 fully saturated rings. The van der Waals surface area contributed by atoms with E-state index in [0.29, 0.717) is 0 Å². The SMILES string of the molecule is [C+]1=C(C2=[C+]N=CC=C2)C=CC=N1.[Cl-].[Cl-]. The largest absolute Gasteiger partial charge is 1.00 e. The van der Waals surface area contributed by atoms with Crippen molar-refractivity contribution < 1.29 is 24.8 Å². The Bertz CT molecular complexity index is 324. The van der Waals surface area contributed by atoms with Crippen LogP contribution in [0.15, 0.2) is 45.4 Å². The van der Waals surface area contributed by atoms with E-state index >= 15 is 0 Å². The minimum atomic E-state index is 0. The molecule has 2 rings (SSSR count). The summed E-state index contributed by atoms with van der Waals surface area (Å²) >= 11 is 0. The zero-order valence-electron chi connectivity index (χ0n) is 7.11. The van der Waals surface area contributed by atoms with Crippen LogP contribution in [0.2, 0.25) is 0 Å². The average Bonchev–Trinajstić information content (AvgIpc) is 2.21. The second-order valence-corrected chi connectivity index (χ2v) is 2.33. The third-order valence-electron chi connectivity index (χ3n) is 1.51. The number of nitrogens with zero attached hydrogens (tertiary/aromatic N) is 2. The summed E-state index contributed by atoms with van der Waals surface area (Å²) in [6, 6.07) is 0. The molecule has 0 spiro atoms. The van der Waals surface area contributed by atoms with Crippen molar-refractivity contribution in [2.45, 2.75) is 0 Å². The van der Waals surface area contributed by atoms with Gasteiger partial charge in [0.1, 0.15) is 12.4 Å². The molecule has 2 aliphatic rings. The molecule has 0 amide bonds. The summed E-state index contributed by atoms with van der Waals surface area (Å²) < 4.78 is 0. The summed E-state index contributed by atoms with van der Waals surface area (Å²) in [6.07, 6.45) is 16.7. The maximum absolute atomic E-state index is 3.89. The van der Waals surface area contributed by atoms with Gasteiger partial charge in [0.2, 0.25) is 0 Å². The lowest BCUT2D eigenvalue weighted by atomic mass is 10.1. The summed E-state index contributed by atoms with van der Waals surface area (Å²) in [5, 5.41) is 0. The van der Waals surface area contributed by atoms with E-state index < -0.39 is 0 Å². The van der Waals surface area contributed by atoms with Crippen molar-refractivity contribution in [1.29, 1.82) is 0 Å². The molecule has 70 valence electrons. The standard InChI is InChI=1S/C10H6N2.2ClH/c1-3-9(7-11-5-1)10-4-2-6-12-8-10;;/h1-6H;2*1H/q+2;;/p-2. The van der Waals surface area contributed by atoms with Crippen molar-refractivity contribution in [2.75, 3.05) is 0 Å². The Balaban J connectivity index is 0.000000845. The lowest BCUT2D eigenvalue weighted by Crippen LogP contribution is -3.00. The minimum Gasteiger partial charge on any atom is -1.00 e. The molecular formula is C10H6Cl2N2. The first-order valence-corrected chi connectivity index (χ1v) is 3.62. The van der Waals surface area contributed by atoms with Crippen LogP contribution >= 0.6 is 0 Å². The van der Waals surface area contributed by atoms with Crippen LogP contribution in [0, 0.1) is 12.4 Å². The average molecular weight is 225 g/mol. The zero-order chi connectivity index (χ0) is 8.23. The van der Waals surface area contributed by atoms with Gasteiger partial charge in [-0.2, -0.15) is 0 Å². The van der Waals surface area contributed by atoms with E-state index in [1.165, 1.54) is 0 Å². The van der Waals surface area contributed by atoms with Crippen LogP contribution in [0.4, 0.5) is 0 Å². The van der Waals surface area contributed by atoms with Gasteiger partial charge >= 0.3 is 0 Å². The molecule has 0 aromatic carbocycles. The number of allylic oxidation sites excluding steroid dienone is 6. The van der Waals surface area contributed by atoms with Gasteiger partial charge in [0, 0.05) is 0 Å². The maximum Gasteiger partial charge on any atom is 0.263 e. The topological polar surface area (TPSA) is 24.7 Å². The Morgan fingerprint density at radius 2 is 1.21 bits per heavy atom. The summed E-state index contributed by atoms with van der Waals surface area (Å²) in [5.41, 5.74) is 1.84. The Morgan fingerprint density at radius 1 is 0.786 bits per heavy atom. The van der Waals surface area contributed by atoms with Crippen molar-refractivity contribution in [3.63, 3.8) is 0 Å². The van der Waals surface area contributed by atoms with Gasteiger partial charge in [0.15, 0.2) is 12.4 Å². The first-order chi connectivity index (χ1) is 5.97. The third kappa shape index (κ3) is 2.88. The fourth-order valence-electron chi connectivity index (χ4n) is 0.953. The number of hydrogen-bond acceptors (Lipinski definition) is 2. The van der Waals surface area contributed by atoms with Crippen molar-refractivity contribution in [1.82, 2.24) is 0 Å². The number of aliphatic imine (C=N–C) groups is 2. The first-order valence-electron chi connectivity index (χ1n) is 3.62. The van der Waals surface area contributed by atoms with E-state index in [4.69, 9.17) is 0 Å². The molecule has 0 aromatic heterocycles. The zero-order valence-corrected chi connectivity index (χ0v) is 8.63. The third-order valence-corrected chi connectivity index (χ3v) is 1.51. The molecule has 0 radical (unpaired) electrons. The van der Waals surface area contributed by atoms with Crippen LogP contribution in [0.1, 0.15) is 0 Å². The molecule has 2 nitrogen and oxygen atoms in total. The Hall–Kier alpha value is -1.30. The van der Waals surface area contributed by atoms with Crippen molar-refractivity contribution >= 4 is 12.4 Å². The number of hydrogen-bond donors (Lipinski definition) is 0. The van der Waals surface area contributed by atoms with E-state index in [1.54, 1.807) is 12.4 Å². The lowest BCUT2D eigenvalue weighted by molar-refractivity contribution is -0.001000. The van der Waals surface area contributed by atoms with Gasteiger partial charge in [-0.15, -0.1) is 0 Å². The summed E-state index contributed by atoms with van der Waals surface area (Å²) in [5.74, 6) is 0. The molecule has 0 saturated heterocycles. The highest BCUT2D eigenvalue weighted by Gasteiger charge is 2.20. The quantitative estimate of drug-likeness (QED) is 0.403. The normalized spacial score (nSPS) is 15.4. The molecule has 0 aromatic rings. The van der Waals surface area contributed by atoms with Crippen molar-refractivity contribution in [3.05, 3.63) is 47.9 Å². The molecule has 0 unspecified atom stereocenters. The predicted molar refractivity (Wildman–Crippen MR) is 48.8 cm³/mol. The van der Waals surface area contributed by atoms with Gasteiger partial charge in [-0.05, 0) is 0 Å². The highest BCUT2D eigenvalue weighted by atomic mass is 35.5. The van der Waals surface area contributed by atoms with Crippen LogP contribution in [0.3, 0.4) is 0 Å². The van der Waals surface area contributed by atoms with Gasteiger partial charge in [-0.3, -0.25) is 0 Å². The van der Waals surface area contributed by atoms with Crippen molar-refractivity contribution in [3.8, 4) is 0 Å². The Morgan fingerprint density at radius 3 is 1.50 bits per heavy atom. The van der Waals surface area contributed by atoms with E-state index in [9.17, 15) is 0 Å². The minimum absolute atomic E-state index is 0. The van der Waals surface area contributed by atoms with Crippen LogP contribution in [0.25, 0.3) is 0 Å². The highest BCUT2D eigenvalue weighted by Crippen LogP contribution is 2.15. The molecule has 0 aliphatic carbocycles. The van der Waals surface area contributed by atoms with Crippen molar-refractivity contribution in [2.24, 2.45) is 9.98 Å². The van der Waals surface area contributed by atoms with E-state index in [-0.39, 0.29) is 24.8 Å². The van der Waals surface area contributed by atoms with Crippen LogP contribution in [-0.4, -0.2) is 12.4 Å². The predicted octanol–water partition coefficient (Wildman–Crippen LogP) is -4.35. The van der Waals surface area contributed by atoms with Gasteiger partial charge in [-0.1, -0.05) is 9.98 Å². The van der Waals surface area contributed by atoms with Crippen LogP contribution in [0.5, 0.6) is 0 Å². The van der Waals surface area contributed by atoms with Gasteiger partial charge < -0.3 is 24.8 Å². The lowest BCUT2D eigenvalue weighted by Gasteiger charge is -1.85. The fourth-order valence-corrected chi connectivity index (χ4v) is 0.953. The number of halogens is 2. The van der Waals surface area contributed by atoms with Gasteiger partial charge in [0.05, 0.1) is 24.3 Å². The molecule has 0 saturated carbocycles. The summed E-state index contributed by atoms with van der Waals surface area (Å²) in [6.45, 7) is 0. The molecule has 14 heavy (non-hydrogen) atoms. The molecule has 4 heteroatoms. The first kappa shape index (κ1) is 12.7. The second kappa shape index (κ2) is 6.20. The molecule has 2 heterocycles. The van der Waals surface area contributed by atoms with Crippen LogP contribution in [-0.2, 0) is 0 Å². The van der Waals surface area contributed by atoms with Gasteiger partial charge in [-0.25, -0.2) is 0 Å². The Kier molecular flexibility index (Phi) is 5.62. The summed E-state index contributed by atoms with van der Waals surface area (Å²) in [4.78, 5) is 7.78. The summed E-state index contributed by atoms with van der Waals surface area (Å²) in [7, 11) is 0. The van der Waals surface area contributed by atoms with Gasteiger partial charge in [0.25, 0.3) is 11.1 Å². The molecule has 0 atom stereocenters. The molecule has 0 bridgehead atoms. The monoisotopic (exact) mass is 224 g/mol. The van der Waals surface area contributed by atoms with E-state index in [1.807, 2.05) is 24.3 Å². The Labute approximate surface area is 95.4 Å².